The SMILES string of the molecule is CS(=O)(=O)NNC(=O)C1=CN(CC(=O)N2CCSC2)C=CC1. The van der Waals surface area contributed by atoms with Crippen LogP contribution in [0.2, 0.25) is 0 Å². The number of carbonyl (C=O) groups excluding carboxylic acids is 2. The summed E-state index contributed by atoms with van der Waals surface area (Å²) in [4.78, 5) is 29.3. The Balaban J connectivity index is 1.91. The quantitative estimate of drug-likeness (QED) is 0.633. The van der Waals surface area contributed by atoms with Crippen LogP contribution in [0.1, 0.15) is 6.42 Å². The molecule has 2 heterocycles. The van der Waals surface area contributed by atoms with Gasteiger partial charge in [0.25, 0.3) is 5.91 Å². The second-order valence-electron chi connectivity index (χ2n) is 4.94. The van der Waals surface area contributed by atoms with Crippen molar-refractivity contribution in [2.75, 3.05) is 31.0 Å². The van der Waals surface area contributed by atoms with Crippen molar-refractivity contribution in [1.82, 2.24) is 20.1 Å². The lowest BCUT2D eigenvalue weighted by molar-refractivity contribution is -0.130. The highest BCUT2D eigenvalue weighted by Gasteiger charge is 2.21. The molecule has 10 heteroatoms. The minimum absolute atomic E-state index is 0.00168. The Morgan fingerprint density at radius 3 is 2.82 bits per heavy atom. The number of hydrogen-bond acceptors (Lipinski definition) is 6. The van der Waals surface area contributed by atoms with Crippen LogP contribution in [-0.2, 0) is 19.6 Å². The van der Waals surface area contributed by atoms with Crippen molar-refractivity contribution in [2.24, 2.45) is 0 Å². The van der Waals surface area contributed by atoms with E-state index in [0.29, 0.717) is 17.9 Å². The zero-order valence-electron chi connectivity index (χ0n) is 12.1. The van der Waals surface area contributed by atoms with E-state index in [1.807, 2.05) is 4.83 Å². The number of amides is 2. The van der Waals surface area contributed by atoms with Crippen LogP contribution in [0.25, 0.3) is 0 Å². The van der Waals surface area contributed by atoms with Crippen LogP contribution in [0.5, 0.6) is 0 Å². The van der Waals surface area contributed by atoms with Gasteiger partial charge in [0.2, 0.25) is 15.9 Å². The number of allylic oxidation sites excluding steroid dienone is 1. The maximum absolute atomic E-state index is 12.1. The normalized spacial score (nSPS) is 18.3. The Hall–Kier alpha value is -1.52. The predicted molar refractivity (Wildman–Crippen MR) is 83.7 cm³/mol. The molecule has 0 aromatic carbocycles. The minimum atomic E-state index is -3.51. The molecule has 0 saturated carbocycles. The van der Waals surface area contributed by atoms with Crippen molar-refractivity contribution in [1.29, 1.82) is 0 Å². The molecule has 1 saturated heterocycles. The van der Waals surface area contributed by atoms with Crippen molar-refractivity contribution < 1.29 is 18.0 Å². The molecule has 8 nitrogen and oxygen atoms in total. The van der Waals surface area contributed by atoms with E-state index < -0.39 is 15.9 Å². The number of sulfonamides is 1. The zero-order valence-corrected chi connectivity index (χ0v) is 13.7. The molecule has 0 unspecified atom stereocenters. The van der Waals surface area contributed by atoms with Gasteiger partial charge < -0.3 is 9.80 Å². The molecule has 0 aromatic heterocycles. The number of thioether (sulfide) groups is 1. The molecule has 0 aliphatic carbocycles. The standard InChI is InChI=1S/C12H18N4O4S2/c1-22(19,20)14-13-12(18)10-3-2-4-15(7-10)8-11(17)16-5-6-21-9-16/h2,4,7,14H,3,5-6,8-9H2,1H3,(H,13,18). The topological polar surface area (TPSA) is 98.8 Å². The van der Waals surface area contributed by atoms with E-state index in [1.165, 1.54) is 0 Å². The van der Waals surface area contributed by atoms with Gasteiger partial charge in [0.1, 0.15) is 6.54 Å². The Labute approximate surface area is 133 Å². The molecule has 22 heavy (non-hydrogen) atoms. The highest BCUT2D eigenvalue weighted by molar-refractivity contribution is 7.99. The van der Waals surface area contributed by atoms with Crippen LogP contribution in [-0.4, -0.2) is 61.0 Å². The van der Waals surface area contributed by atoms with E-state index >= 15 is 0 Å². The van der Waals surface area contributed by atoms with Gasteiger partial charge in [-0.2, -0.15) is 0 Å². The summed E-state index contributed by atoms with van der Waals surface area (Å²) in [5.74, 6) is 1.11. The smallest absolute Gasteiger partial charge is 0.263 e. The summed E-state index contributed by atoms with van der Waals surface area (Å²) in [5.41, 5.74) is 2.49. The maximum Gasteiger partial charge on any atom is 0.263 e. The largest absolute Gasteiger partial charge is 0.345 e. The number of nitrogens with zero attached hydrogens (tertiary/aromatic N) is 2. The lowest BCUT2D eigenvalue weighted by Crippen LogP contribution is -2.42. The number of hydrazine groups is 1. The first-order chi connectivity index (χ1) is 10.3. The molecule has 1 fully saturated rings. The summed E-state index contributed by atoms with van der Waals surface area (Å²) in [6, 6.07) is 0. The highest BCUT2D eigenvalue weighted by Crippen LogP contribution is 2.16. The van der Waals surface area contributed by atoms with Gasteiger partial charge in [-0.05, 0) is 6.42 Å². The first-order valence-corrected chi connectivity index (χ1v) is 9.65. The van der Waals surface area contributed by atoms with Crippen LogP contribution in [0.3, 0.4) is 0 Å². The molecule has 0 atom stereocenters. The van der Waals surface area contributed by atoms with Crippen molar-refractivity contribution in [3.63, 3.8) is 0 Å². The summed E-state index contributed by atoms with van der Waals surface area (Å²) in [6.07, 6.45) is 6.37. The van der Waals surface area contributed by atoms with Crippen molar-refractivity contribution in [3.05, 3.63) is 24.0 Å². The number of hydrogen-bond donors (Lipinski definition) is 2. The highest BCUT2D eigenvalue weighted by atomic mass is 32.2. The first kappa shape index (κ1) is 16.8. The summed E-state index contributed by atoms with van der Waals surface area (Å²) in [6.45, 7) is 0.906. The van der Waals surface area contributed by atoms with Gasteiger partial charge in [-0.25, -0.2) is 8.42 Å². The monoisotopic (exact) mass is 346 g/mol. The number of carbonyl (C=O) groups is 2. The minimum Gasteiger partial charge on any atom is -0.345 e. The van der Waals surface area contributed by atoms with Gasteiger partial charge >= 0.3 is 0 Å². The molecule has 122 valence electrons. The summed E-state index contributed by atoms with van der Waals surface area (Å²) in [7, 11) is -3.51. The second-order valence-corrected chi connectivity index (χ2v) is 7.76. The third-order valence-electron chi connectivity index (χ3n) is 3.02. The first-order valence-electron chi connectivity index (χ1n) is 6.61. The lowest BCUT2D eigenvalue weighted by Gasteiger charge is -2.23. The lowest BCUT2D eigenvalue weighted by atomic mass is 10.1. The van der Waals surface area contributed by atoms with Gasteiger partial charge in [0, 0.05) is 30.3 Å². The molecule has 0 spiro atoms. The molecular formula is C12H18N4O4S2. The Kier molecular flexibility index (Phi) is 5.48. The molecule has 2 N–H and O–H groups in total. The summed E-state index contributed by atoms with van der Waals surface area (Å²) in [5, 5.41) is 0. The Morgan fingerprint density at radius 1 is 1.41 bits per heavy atom. The third kappa shape index (κ3) is 5.04. The summed E-state index contributed by atoms with van der Waals surface area (Å²) >= 11 is 1.71. The maximum atomic E-state index is 12.1. The van der Waals surface area contributed by atoms with E-state index in [1.54, 1.807) is 40.0 Å². The Bertz CT molecular complexity index is 609. The molecule has 2 aliphatic heterocycles. The number of rotatable bonds is 5. The molecule has 2 amide bonds. The van der Waals surface area contributed by atoms with E-state index in [-0.39, 0.29) is 12.5 Å². The van der Waals surface area contributed by atoms with Gasteiger partial charge in [-0.3, -0.25) is 15.0 Å². The fourth-order valence-electron chi connectivity index (χ4n) is 1.95. The van der Waals surface area contributed by atoms with Gasteiger partial charge in [-0.1, -0.05) is 6.08 Å². The van der Waals surface area contributed by atoms with Gasteiger partial charge in [0.15, 0.2) is 0 Å². The van der Waals surface area contributed by atoms with E-state index in [2.05, 4.69) is 5.43 Å². The van der Waals surface area contributed by atoms with Gasteiger partial charge in [-0.15, -0.1) is 16.6 Å². The van der Waals surface area contributed by atoms with E-state index in [9.17, 15) is 18.0 Å². The average molecular weight is 346 g/mol. The van der Waals surface area contributed by atoms with Gasteiger partial charge in [0.05, 0.1) is 12.1 Å². The fourth-order valence-corrected chi connectivity index (χ4v) is 3.20. The zero-order chi connectivity index (χ0) is 16.2. The van der Waals surface area contributed by atoms with Crippen LogP contribution in [0.4, 0.5) is 0 Å². The van der Waals surface area contributed by atoms with Crippen LogP contribution < -0.4 is 10.3 Å². The average Bonchev–Trinajstić information content (AvgIpc) is 2.98. The van der Waals surface area contributed by atoms with Crippen LogP contribution >= 0.6 is 11.8 Å². The van der Waals surface area contributed by atoms with Crippen LogP contribution in [0, 0.1) is 0 Å². The molecule has 2 aliphatic rings. The molecule has 0 radical (unpaired) electrons. The molecule has 2 rings (SSSR count). The summed E-state index contributed by atoms with van der Waals surface area (Å²) < 4.78 is 21.9. The number of nitrogens with one attached hydrogen (secondary N) is 2. The Morgan fingerprint density at radius 2 is 2.18 bits per heavy atom. The molecule has 0 aromatic rings. The third-order valence-corrected chi connectivity index (χ3v) is 4.46. The fraction of sp³-hybridized carbons (Fsp3) is 0.500. The van der Waals surface area contributed by atoms with E-state index in [4.69, 9.17) is 0 Å². The second kappa shape index (κ2) is 7.16. The van der Waals surface area contributed by atoms with Crippen molar-refractivity contribution in [3.8, 4) is 0 Å². The van der Waals surface area contributed by atoms with E-state index in [0.717, 1.165) is 18.6 Å². The van der Waals surface area contributed by atoms with Crippen molar-refractivity contribution >= 4 is 33.6 Å². The molecule has 0 bridgehead atoms. The van der Waals surface area contributed by atoms with Crippen LogP contribution in [0.15, 0.2) is 24.0 Å². The predicted octanol–water partition coefficient (Wildman–Crippen LogP) is -0.797. The van der Waals surface area contributed by atoms with Crippen molar-refractivity contribution in [2.45, 2.75) is 6.42 Å². The molecular weight excluding hydrogens is 328 g/mol.